The fourth-order valence-electron chi connectivity index (χ4n) is 1.37. The molecule has 1 N–H and O–H groups in total. The van der Waals surface area contributed by atoms with Gasteiger partial charge in [-0.25, -0.2) is 4.98 Å². The molecule has 88 valence electrons. The van der Waals surface area contributed by atoms with Crippen LogP contribution in [0.5, 0.6) is 0 Å². The minimum absolute atomic E-state index is 0.0322. The van der Waals surface area contributed by atoms with Gasteiger partial charge in [0.05, 0.1) is 6.54 Å². The van der Waals surface area contributed by atoms with Gasteiger partial charge in [-0.3, -0.25) is 4.79 Å². The third kappa shape index (κ3) is 3.70. The van der Waals surface area contributed by atoms with Crippen LogP contribution in [0.4, 0.5) is 5.82 Å². The Morgan fingerprint density at radius 3 is 2.88 bits per heavy atom. The Morgan fingerprint density at radius 1 is 1.56 bits per heavy atom. The summed E-state index contributed by atoms with van der Waals surface area (Å²) < 4.78 is 0. The van der Waals surface area contributed by atoms with E-state index in [2.05, 4.69) is 17.2 Å². The van der Waals surface area contributed by atoms with Crippen LogP contribution in [0, 0.1) is 0 Å². The van der Waals surface area contributed by atoms with Crippen molar-refractivity contribution in [3.8, 4) is 0 Å². The standard InChI is InChI=1S/C11H16ClN3O/c1-3-7-15(8-11(16)13-2)10-6-4-5-9(12)14-10/h4-6H,3,7-8H2,1-2H3,(H,13,16). The highest BCUT2D eigenvalue weighted by atomic mass is 35.5. The molecule has 1 heterocycles. The number of nitrogens with zero attached hydrogens (tertiary/aromatic N) is 2. The molecule has 1 aromatic heterocycles. The summed E-state index contributed by atoms with van der Waals surface area (Å²) in [5, 5.41) is 3.04. The molecule has 4 nitrogen and oxygen atoms in total. The van der Waals surface area contributed by atoms with Crippen molar-refractivity contribution in [2.75, 3.05) is 25.0 Å². The zero-order chi connectivity index (χ0) is 12.0. The number of amides is 1. The summed E-state index contributed by atoms with van der Waals surface area (Å²) in [6.07, 6.45) is 0.950. The number of carbonyl (C=O) groups is 1. The maximum Gasteiger partial charge on any atom is 0.239 e. The van der Waals surface area contributed by atoms with Crippen molar-refractivity contribution in [2.24, 2.45) is 0 Å². The summed E-state index contributed by atoms with van der Waals surface area (Å²) in [6, 6.07) is 5.40. The van der Waals surface area contributed by atoms with Crippen molar-refractivity contribution in [2.45, 2.75) is 13.3 Å². The smallest absolute Gasteiger partial charge is 0.239 e. The first-order valence-corrected chi connectivity index (χ1v) is 5.63. The molecule has 0 atom stereocenters. The van der Waals surface area contributed by atoms with E-state index >= 15 is 0 Å². The van der Waals surface area contributed by atoms with E-state index in [0.717, 1.165) is 18.8 Å². The monoisotopic (exact) mass is 241 g/mol. The molecule has 5 heteroatoms. The van der Waals surface area contributed by atoms with Crippen LogP contribution in [-0.2, 0) is 4.79 Å². The summed E-state index contributed by atoms with van der Waals surface area (Å²) in [6.45, 7) is 3.14. The predicted molar refractivity (Wildman–Crippen MR) is 65.8 cm³/mol. The van der Waals surface area contributed by atoms with Gasteiger partial charge in [0, 0.05) is 13.6 Å². The minimum atomic E-state index is -0.0322. The topological polar surface area (TPSA) is 45.2 Å². The molecule has 1 rings (SSSR count). The molecule has 0 aromatic carbocycles. The predicted octanol–water partition coefficient (Wildman–Crippen LogP) is 1.70. The molecule has 0 saturated carbocycles. The Hall–Kier alpha value is -1.29. The molecule has 16 heavy (non-hydrogen) atoms. The molecule has 0 aliphatic rings. The van der Waals surface area contributed by atoms with Gasteiger partial charge in [-0.05, 0) is 18.6 Å². The lowest BCUT2D eigenvalue weighted by atomic mass is 10.3. The third-order valence-electron chi connectivity index (χ3n) is 2.13. The zero-order valence-electron chi connectivity index (χ0n) is 9.53. The van der Waals surface area contributed by atoms with Crippen molar-refractivity contribution in [1.82, 2.24) is 10.3 Å². The molecule has 0 spiro atoms. The first-order valence-electron chi connectivity index (χ1n) is 5.25. The second-order valence-corrected chi connectivity index (χ2v) is 3.80. The molecule has 0 radical (unpaired) electrons. The first kappa shape index (κ1) is 12.8. The average molecular weight is 242 g/mol. The Labute approximate surface area is 101 Å². The van der Waals surface area contributed by atoms with E-state index in [1.807, 2.05) is 17.0 Å². The summed E-state index contributed by atoms with van der Waals surface area (Å²) in [5.74, 6) is 0.702. The van der Waals surface area contributed by atoms with Crippen molar-refractivity contribution >= 4 is 23.3 Å². The number of carbonyl (C=O) groups excluding carboxylic acids is 1. The number of nitrogens with one attached hydrogen (secondary N) is 1. The molecule has 0 saturated heterocycles. The van der Waals surface area contributed by atoms with Gasteiger partial charge in [0.25, 0.3) is 0 Å². The van der Waals surface area contributed by atoms with Crippen LogP contribution in [0.2, 0.25) is 5.15 Å². The lowest BCUT2D eigenvalue weighted by Gasteiger charge is -2.22. The van der Waals surface area contributed by atoms with Gasteiger partial charge in [0.1, 0.15) is 11.0 Å². The van der Waals surface area contributed by atoms with Crippen LogP contribution in [0.15, 0.2) is 18.2 Å². The summed E-state index contributed by atoms with van der Waals surface area (Å²) in [7, 11) is 1.62. The van der Waals surface area contributed by atoms with Crippen molar-refractivity contribution < 1.29 is 4.79 Å². The molecule has 0 unspecified atom stereocenters. The maximum atomic E-state index is 11.3. The highest BCUT2D eigenvalue weighted by Gasteiger charge is 2.10. The quantitative estimate of drug-likeness (QED) is 0.799. The average Bonchev–Trinajstić information content (AvgIpc) is 2.28. The maximum absolute atomic E-state index is 11.3. The van der Waals surface area contributed by atoms with Crippen LogP contribution in [0.1, 0.15) is 13.3 Å². The van der Waals surface area contributed by atoms with E-state index < -0.39 is 0 Å². The van der Waals surface area contributed by atoms with Crippen molar-refractivity contribution in [3.05, 3.63) is 23.4 Å². The third-order valence-corrected chi connectivity index (χ3v) is 2.34. The number of pyridine rings is 1. The fourth-order valence-corrected chi connectivity index (χ4v) is 1.53. The number of hydrogen-bond donors (Lipinski definition) is 1. The van der Waals surface area contributed by atoms with Crippen LogP contribution in [0.3, 0.4) is 0 Å². The Bertz CT molecular complexity index is 357. The number of hydrogen-bond acceptors (Lipinski definition) is 3. The Morgan fingerprint density at radius 2 is 2.31 bits per heavy atom. The van der Waals surface area contributed by atoms with E-state index in [1.54, 1.807) is 13.1 Å². The SMILES string of the molecule is CCCN(CC(=O)NC)c1cccc(Cl)n1. The highest BCUT2D eigenvalue weighted by Crippen LogP contribution is 2.14. The largest absolute Gasteiger partial charge is 0.358 e. The van der Waals surface area contributed by atoms with E-state index in [4.69, 9.17) is 11.6 Å². The Kier molecular flexibility index (Phi) is 5.05. The first-order chi connectivity index (χ1) is 7.67. The minimum Gasteiger partial charge on any atom is -0.358 e. The second-order valence-electron chi connectivity index (χ2n) is 3.41. The molecule has 0 bridgehead atoms. The molecule has 0 aliphatic heterocycles. The fraction of sp³-hybridized carbons (Fsp3) is 0.455. The van der Waals surface area contributed by atoms with Crippen LogP contribution < -0.4 is 10.2 Å². The number of rotatable bonds is 5. The van der Waals surface area contributed by atoms with E-state index in [0.29, 0.717) is 11.7 Å². The van der Waals surface area contributed by atoms with Gasteiger partial charge in [0.2, 0.25) is 5.91 Å². The van der Waals surface area contributed by atoms with Gasteiger partial charge in [-0.2, -0.15) is 0 Å². The van der Waals surface area contributed by atoms with Crippen LogP contribution >= 0.6 is 11.6 Å². The van der Waals surface area contributed by atoms with Crippen molar-refractivity contribution in [3.63, 3.8) is 0 Å². The summed E-state index contributed by atoms with van der Waals surface area (Å²) in [5.41, 5.74) is 0. The second kappa shape index (κ2) is 6.33. The molecule has 0 fully saturated rings. The van der Waals surface area contributed by atoms with Crippen LogP contribution in [0.25, 0.3) is 0 Å². The normalized spacial score (nSPS) is 9.94. The number of aromatic nitrogens is 1. The van der Waals surface area contributed by atoms with Gasteiger partial charge < -0.3 is 10.2 Å². The Balaban J connectivity index is 2.80. The molecule has 1 aromatic rings. The number of anilines is 1. The van der Waals surface area contributed by atoms with Crippen LogP contribution in [-0.4, -0.2) is 31.0 Å². The van der Waals surface area contributed by atoms with Gasteiger partial charge in [0.15, 0.2) is 0 Å². The summed E-state index contributed by atoms with van der Waals surface area (Å²) in [4.78, 5) is 17.4. The number of halogens is 1. The number of likely N-dealkylation sites (N-methyl/N-ethyl adjacent to an activating group) is 1. The van der Waals surface area contributed by atoms with E-state index in [9.17, 15) is 4.79 Å². The van der Waals surface area contributed by atoms with Crippen molar-refractivity contribution in [1.29, 1.82) is 0 Å². The molecule has 0 aliphatic carbocycles. The van der Waals surface area contributed by atoms with E-state index in [1.165, 1.54) is 0 Å². The van der Waals surface area contributed by atoms with E-state index in [-0.39, 0.29) is 5.91 Å². The molecular weight excluding hydrogens is 226 g/mol. The van der Waals surface area contributed by atoms with Gasteiger partial charge in [-0.15, -0.1) is 0 Å². The molecule has 1 amide bonds. The molecular formula is C11H16ClN3O. The lowest BCUT2D eigenvalue weighted by molar-refractivity contribution is -0.119. The van der Waals surface area contributed by atoms with Gasteiger partial charge in [-0.1, -0.05) is 24.6 Å². The lowest BCUT2D eigenvalue weighted by Crippen LogP contribution is -2.36. The van der Waals surface area contributed by atoms with Gasteiger partial charge >= 0.3 is 0 Å². The zero-order valence-corrected chi connectivity index (χ0v) is 10.3. The highest BCUT2D eigenvalue weighted by molar-refractivity contribution is 6.29. The summed E-state index contributed by atoms with van der Waals surface area (Å²) >= 11 is 5.82.